The molecule has 0 aliphatic rings. The van der Waals surface area contributed by atoms with Crippen molar-refractivity contribution < 1.29 is 14.3 Å². The molecule has 0 spiro atoms. The van der Waals surface area contributed by atoms with E-state index in [1.807, 2.05) is 22.2 Å². The van der Waals surface area contributed by atoms with Gasteiger partial charge < -0.3 is 10.1 Å². The lowest BCUT2D eigenvalue weighted by Gasteiger charge is -2.06. The molecule has 0 aromatic carbocycles. The van der Waals surface area contributed by atoms with Crippen LogP contribution in [0.5, 0.6) is 0 Å². The van der Waals surface area contributed by atoms with Gasteiger partial charge in [-0.2, -0.15) is 11.3 Å². The Labute approximate surface area is 150 Å². The maximum Gasteiger partial charge on any atom is 0.312 e. The first-order valence-electron chi connectivity index (χ1n) is 8.08. The van der Waals surface area contributed by atoms with Gasteiger partial charge in [0.05, 0.1) is 12.1 Å². The van der Waals surface area contributed by atoms with E-state index in [4.69, 9.17) is 4.74 Å². The first-order valence-corrected chi connectivity index (χ1v) is 9.90. The van der Waals surface area contributed by atoms with Crippen LogP contribution in [0.3, 0.4) is 0 Å². The molecule has 2 rings (SSSR count). The van der Waals surface area contributed by atoms with E-state index in [9.17, 15) is 9.59 Å². The van der Waals surface area contributed by atoms with Gasteiger partial charge >= 0.3 is 5.97 Å². The second kappa shape index (κ2) is 10.2. The van der Waals surface area contributed by atoms with Gasteiger partial charge in [-0.05, 0) is 17.9 Å². The first-order chi connectivity index (χ1) is 11.7. The number of amides is 1. The number of hydrogen-bond donors (Lipinski definition) is 1. The summed E-state index contributed by atoms with van der Waals surface area (Å²) in [6, 6.07) is 2.00. The molecule has 0 atom stereocenters. The molecule has 0 saturated carbocycles. The summed E-state index contributed by atoms with van der Waals surface area (Å²) >= 11 is 3.11. The van der Waals surface area contributed by atoms with Crippen LogP contribution in [-0.2, 0) is 20.7 Å². The molecule has 0 aliphatic carbocycles. The lowest BCUT2D eigenvalue weighted by molar-refractivity contribution is -0.147. The molecule has 130 valence electrons. The van der Waals surface area contributed by atoms with Gasteiger partial charge in [-0.15, -0.1) is 11.3 Å². The number of thiophene rings is 1. The maximum absolute atomic E-state index is 11.8. The third-order valence-corrected chi connectivity index (χ3v) is 4.99. The van der Waals surface area contributed by atoms with Gasteiger partial charge in [0.25, 0.3) is 5.91 Å². The molecular weight excluding hydrogens is 344 g/mol. The average Bonchev–Trinajstić information content (AvgIpc) is 3.24. The van der Waals surface area contributed by atoms with Crippen molar-refractivity contribution in [2.24, 2.45) is 0 Å². The molecular formula is C17H22N2O3S2. The maximum atomic E-state index is 11.8. The highest BCUT2D eigenvalue weighted by atomic mass is 32.1. The Morgan fingerprint density at radius 3 is 2.88 bits per heavy atom. The number of aromatic nitrogens is 1. The highest BCUT2D eigenvalue weighted by molar-refractivity contribution is 7.14. The number of hydrogen-bond acceptors (Lipinski definition) is 6. The molecule has 0 radical (unpaired) electrons. The molecule has 1 N–H and O–H groups in total. The molecule has 24 heavy (non-hydrogen) atoms. The Balaban J connectivity index is 1.65. The topological polar surface area (TPSA) is 68.3 Å². The summed E-state index contributed by atoms with van der Waals surface area (Å²) in [6.45, 7) is 2.55. The predicted molar refractivity (Wildman–Crippen MR) is 97.2 cm³/mol. The number of carbonyl (C=O) groups excluding carboxylic acids is 2. The minimum atomic E-state index is -0.432. The summed E-state index contributed by atoms with van der Waals surface area (Å²) < 4.78 is 5.00. The Kier molecular flexibility index (Phi) is 7.91. The Hall–Kier alpha value is -1.73. The third kappa shape index (κ3) is 6.41. The zero-order valence-electron chi connectivity index (χ0n) is 13.7. The van der Waals surface area contributed by atoms with Crippen LogP contribution in [0.2, 0.25) is 0 Å². The largest absolute Gasteiger partial charge is 0.455 e. The Morgan fingerprint density at radius 1 is 1.25 bits per heavy atom. The number of unbranched alkanes of at least 4 members (excludes halogenated alkanes) is 3. The Bertz CT molecular complexity index is 638. The molecule has 0 aliphatic heterocycles. The van der Waals surface area contributed by atoms with Crippen molar-refractivity contribution in [2.45, 2.75) is 39.0 Å². The van der Waals surface area contributed by atoms with Crippen molar-refractivity contribution in [3.8, 4) is 10.6 Å². The van der Waals surface area contributed by atoms with Gasteiger partial charge in [0.1, 0.15) is 5.01 Å². The number of esters is 1. The normalized spacial score (nSPS) is 10.5. The molecule has 7 heteroatoms. The van der Waals surface area contributed by atoms with Gasteiger partial charge in [-0.1, -0.05) is 26.2 Å². The highest BCUT2D eigenvalue weighted by Gasteiger charge is 2.12. The zero-order chi connectivity index (χ0) is 17.2. The molecule has 2 aromatic heterocycles. The molecule has 5 nitrogen and oxygen atoms in total. The number of nitrogens with one attached hydrogen (secondary N) is 1. The summed E-state index contributed by atoms with van der Waals surface area (Å²) in [5, 5.41) is 9.51. The predicted octanol–water partition coefficient (Wildman–Crippen LogP) is 3.65. The summed E-state index contributed by atoms with van der Waals surface area (Å²) in [5.41, 5.74) is 1.73. The minimum Gasteiger partial charge on any atom is -0.455 e. The van der Waals surface area contributed by atoms with Crippen molar-refractivity contribution in [2.75, 3.05) is 13.2 Å². The highest BCUT2D eigenvalue weighted by Crippen LogP contribution is 2.25. The monoisotopic (exact) mass is 366 g/mol. The lowest BCUT2D eigenvalue weighted by Crippen LogP contribution is -2.29. The van der Waals surface area contributed by atoms with Crippen LogP contribution >= 0.6 is 22.7 Å². The Morgan fingerprint density at radius 2 is 2.12 bits per heavy atom. The van der Waals surface area contributed by atoms with Crippen LogP contribution in [-0.4, -0.2) is 30.0 Å². The van der Waals surface area contributed by atoms with Crippen LogP contribution < -0.4 is 5.32 Å². The second-order valence-corrected chi connectivity index (χ2v) is 7.04. The van der Waals surface area contributed by atoms with E-state index in [0.717, 1.165) is 29.8 Å². The summed E-state index contributed by atoms with van der Waals surface area (Å²) in [6.07, 6.45) is 4.48. The molecule has 0 bridgehead atoms. The minimum absolute atomic E-state index is 0.0877. The van der Waals surface area contributed by atoms with Crippen molar-refractivity contribution in [1.29, 1.82) is 0 Å². The van der Waals surface area contributed by atoms with E-state index in [-0.39, 0.29) is 18.9 Å². The second-order valence-electron chi connectivity index (χ2n) is 5.40. The number of carbonyl (C=O) groups is 2. The number of rotatable bonds is 10. The summed E-state index contributed by atoms with van der Waals surface area (Å²) in [7, 11) is 0. The van der Waals surface area contributed by atoms with E-state index < -0.39 is 5.97 Å². The standard InChI is InChI=1S/C17H22N2O3S2/c1-2-3-4-5-7-18-15(20)10-22-16(21)9-14-12-24-17(19-14)13-6-8-23-11-13/h6,8,11-12H,2-5,7,9-10H2,1H3,(H,18,20). The van der Waals surface area contributed by atoms with Crippen molar-refractivity contribution in [1.82, 2.24) is 10.3 Å². The fourth-order valence-corrected chi connectivity index (χ4v) is 3.61. The van der Waals surface area contributed by atoms with E-state index in [2.05, 4.69) is 17.2 Å². The van der Waals surface area contributed by atoms with Gasteiger partial charge in [-0.3, -0.25) is 9.59 Å². The van der Waals surface area contributed by atoms with Crippen molar-refractivity contribution >= 4 is 34.6 Å². The lowest BCUT2D eigenvalue weighted by atomic mass is 10.2. The van der Waals surface area contributed by atoms with Gasteiger partial charge in [-0.25, -0.2) is 4.98 Å². The molecule has 0 unspecified atom stereocenters. The van der Waals surface area contributed by atoms with Crippen LogP contribution in [0.25, 0.3) is 10.6 Å². The summed E-state index contributed by atoms with van der Waals surface area (Å²) in [4.78, 5) is 27.8. The number of nitrogens with zero attached hydrogens (tertiary/aromatic N) is 1. The average molecular weight is 367 g/mol. The van der Waals surface area contributed by atoms with Gasteiger partial charge in [0.15, 0.2) is 6.61 Å². The molecule has 2 aromatic rings. The van der Waals surface area contributed by atoms with Gasteiger partial charge in [0.2, 0.25) is 0 Å². The third-order valence-electron chi connectivity index (χ3n) is 3.36. The van der Waals surface area contributed by atoms with Crippen molar-refractivity contribution in [3.63, 3.8) is 0 Å². The first kappa shape index (κ1) is 18.6. The number of thiazole rings is 1. The smallest absolute Gasteiger partial charge is 0.312 e. The van der Waals surface area contributed by atoms with Gasteiger partial charge in [0, 0.05) is 22.9 Å². The van der Waals surface area contributed by atoms with E-state index in [0.29, 0.717) is 12.2 Å². The molecule has 0 saturated heterocycles. The summed E-state index contributed by atoms with van der Waals surface area (Å²) in [5.74, 6) is -0.685. The van der Waals surface area contributed by atoms with Crippen LogP contribution in [0.1, 0.15) is 38.3 Å². The molecule has 2 heterocycles. The fourth-order valence-electron chi connectivity index (χ4n) is 2.08. The quantitative estimate of drug-likeness (QED) is 0.515. The van der Waals surface area contributed by atoms with E-state index in [1.165, 1.54) is 17.8 Å². The SMILES string of the molecule is CCCCCCNC(=O)COC(=O)Cc1csc(-c2ccsc2)n1. The van der Waals surface area contributed by atoms with E-state index in [1.54, 1.807) is 11.3 Å². The molecule has 0 fully saturated rings. The number of ether oxygens (including phenoxy) is 1. The fraction of sp³-hybridized carbons (Fsp3) is 0.471. The van der Waals surface area contributed by atoms with Crippen LogP contribution in [0.15, 0.2) is 22.2 Å². The molecule has 1 amide bonds. The van der Waals surface area contributed by atoms with Crippen LogP contribution in [0.4, 0.5) is 0 Å². The van der Waals surface area contributed by atoms with Crippen LogP contribution in [0, 0.1) is 0 Å². The van der Waals surface area contributed by atoms with E-state index >= 15 is 0 Å². The van der Waals surface area contributed by atoms with Crippen molar-refractivity contribution in [3.05, 3.63) is 27.9 Å². The zero-order valence-corrected chi connectivity index (χ0v) is 15.4.